The molecule has 0 aliphatic rings. The minimum Gasteiger partial charge on any atom is -0.493 e. The first-order valence-electron chi connectivity index (χ1n) is 6.99. The zero-order chi connectivity index (χ0) is 15.8. The van der Waals surface area contributed by atoms with Gasteiger partial charge in [0.2, 0.25) is 5.91 Å². The number of ether oxygens (including phenoxy) is 1. The van der Waals surface area contributed by atoms with E-state index in [1.165, 1.54) is 6.26 Å². The molecule has 6 heteroatoms. The second kappa shape index (κ2) is 7.87. The number of hydrogen-bond donors (Lipinski definition) is 2. The monoisotopic (exact) mass is 302 g/mol. The van der Waals surface area contributed by atoms with Gasteiger partial charge in [-0.25, -0.2) is 0 Å². The molecule has 116 valence electrons. The van der Waals surface area contributed by atoms with E-state index in [4.69, 9.17) is 9.15 Å². The maximum atomic E-state index is 12.1. The summed E-state index contributed by atoms with van der Waals surface area (Å²) in [5.74, 6) is 0.510. The van der Waals surface area contributed by atoms with Gasteiger partial charge in [-0.3, -0.25) is 9.59 Å². The van der Waals surface area contributed by atoms with Crippen LogP contribution < -0.4 is 15.4 Å². The summed E-state index contributed by atoms with van der Waals surface area (Å²) in [5.41, 5.74) is 0.406. The van der Waals surface area contributed by atoms with Crippen molar-refractivity contribution in [3.8, 4) is 5.75 Å². The van der Waals surface area contributed by atoms with Crippen molar-refractivity contribution in [3.05, 3.63) is 54.0 Å². The van der Waals surface area contributed by atoms with E-state index in [9.17, 15) is 9.59 Å². The van der Waals surface area contributed by atoms with Crippen molar-refractivity contribution in [1.29, 1.82) is 0 Å². The molecule has 0 spiro atoms. The van der Waals surface area contributed by atoms with Crippen molar-refractivity contribution in [2.24, 2.45) is 0 Å². The van der Waals surface area contributed by atoms with Crippen LogP contribution in [0.4, 0.5) is 0 Å². The number of benzene rings is 1. The average molecular weight is 302 g/mol. The largest absolute Gasteiger partial charge is 0.493 e. The molecule has 2 amide bonds. The van der Waals surface area contributed by atoms with Crippen molar-refractivity contribution in [1.82, 2.24) is 10.6 Å². The number of carbonyl (C=O) groups excluding carboxylic acids is 2. The van der Waals surface area contributed by atoms with Crippen LogP contribution in [0.2, 0.25) is 0 Å². The lowest BCUT2D eigenvalue weighted by molar-refractivity contribution is -0.120. The predicted molar refractivity (Wildman–Crippen MR) is 80.5 cm³/mol. The quantitative estimate of drug-likeness (QED) is 0.816. The van der Waals surface area contributed by atoms with E-state index in [1.54, 1.807) is 36.4 Å². The summed E-state index contributed by atoms with van der Waals surface area (Å²) in [6.07, 6.45) is 1.54. The Labute approximate surface area is 128 Å². The smallest absolute Gasteiger partial charge is 0.255 e. The van der Waals surface area contributed by atoms with Gasteiger partial charge in [0.25, 0.3) is 5.91 Å². The van der Waals surface area contributed by atoms with Crippen molar-refractivity contribution in [2.45, 2.75) is 13.5 Å². The van der Waals surface area contributed by atoms with E-state index in [0.29, 0.717) is 23.7 Å². The van der Waals surface area contributed by atoms with Gasteiger partial charge in [-0.15, -0.1) is 0 Å². The average Bonchev–Trinajstić information content (AvgIpc) is 3.05. The Morgan fingerprint density at radius 2 is 1.95 bits per heavy atom. The molecule has 0 saturated carbocycles. The molecule has 6 nitrogen and oxygen atoms in total. The van der Waals surface area contributed by atoms with E-state index in [-0.39, 0.29) is 24.9 Å². The predicted octanol–water partition coefficient (Wildman–Crippen LogP) is 1.72. The minimum absolute atomic E-state index is 0.111. The Balaban J connectivity index is 1.83. The molecule has 1 aromatic heterocycles. The third-order valence-corrected chi connectivity index (χ3v) is 2.88. The number of hydrogen-bond acceptors (Lipinski definition) is 4. The summed E-state index contributed by atoms with van der Waals surface area (Å²) in [4.78, 5) is 23.8. The maximum Gasteiger partial charge on any atom is 0.255 e. The molecule has 2 aromatic rings. The van der Waals surface area contributed by atoms with Gasteiger partial charge in [-0.2, -0.15) is 0 Å². The molecule has 0 unspecified atom stereocenters. The standard InChI is InChI=1S/C16H18N2O4/c1-2-21-14-8-4-3-7-13(14)16(20)18-11-15(19)17-10-12-6-5-9-22-12/h3-9H,2,10-11H2,1H3,(H,17,19)(H,18,20). The molecule has 0 bridgehead atoms. The van der Waals surface area contributed by atoms with Gasteiger partial charge in [-0.1, -0.05) is 12.1 Å². The van der Waals surface area contributed by atoms with Crippen LogP contribution in [0.1, 0.15) is 23.0 Å². The fraction of sp³-hybridized carbons (Fsp3) is 0.250. The Kier molecular flexibility index (Phi) is 5.59. The Hall–Kier alpha value is -2.76. The molecule has 1 aromatic carbocycles. The lowest BCUT2D eigenvalue weighted by Crippen LogP contribution is -2.36. The molecule has 2 rings (SSSR count). The van der Waals surface area contributed by atoms with E-state index in [1.807, 2.05) is 6.92 Å². The van der Waals surface area contributed by atoms with E-state index in [0.717, 1.165) is 0 Å². The van der Waals surface area contributed by atoms with Gasteiger partial charge in [0, 0.05) is 0 Å². The number of carbonyl (C=O) groups is 2. The second-order valence-corrected chi connectivity index (χ2v) is 4.47. The van der Waals surface area contributed by atoms with Crippen molar-refractivity contribution in [2.75, 3.05) is 13.2 Å². The fourth-order valence-corrected chi connectivity index (χ4v) is 1.85. The Morgan fingerprint density at radius 3 is 2.68 bits per heavy atom. The summed E-state index contributed by atoms with van der Waals surface area (Å²) < 4.78 is 10.5. The van der Waals surface area contributed by atoms with Crippen molar-refractivity contribution < 1.29 is 18.7 Å². The van der Waals surface area contributed by atoms with E-state index in [2.05, 4.69) is 10.6 Å². The van der Waals surface area contributed by atoms with E-state index < -0.39 is 0 Å². The van der Waals surface area contributed by atoms with Crippen LogP contribution in [0.25, 0.3) is 0 Å². The van der Waals surface area contributed by atoms with Crippen LogP contribution >= 0.6 is 0 Å². The third kappa shape index (κ3) is 4.37. The molecule has 0 aliphatic heterocycles. The highest BCUT2D eigenvalue weighted by Crippen LogP contribution is 2.17. The van der Waals surface area contributed by atoms with Gasteiger partial charge in [0.1, 0.15) is 11.5 Å². The lowest BCUT2D eigenvalue weighted by Gasteiger charge is -2.10. The van der Waals surface area contributed by atoms with Crippen LogP contribution in [0, 0.1) is 0 Å². The summed E-state index contributed by atoms with van der Waals surface area (Å²) in [7, 11) is 0. The molecule has 0 saturated heterocycles. The zero-order valence-corrected chi connectivity index (χ0v) is 12.3. The van der Waals surface area contributed by atoms with Gasteiger partial charge < -0.3 is 19.8 Å². The normalized spacial score (nSPS) is 10.0. The highest BCUT2D eigenvalue weighted by molar-refractivity contribution is 5.98. The number of amides is 2. The summed E-state index contributed by atoms with van der Waals surface area (Å²) in [6, 6.07) is 10.4. The topological polar surface area (TPSA) is 80.6 Å². The van der Waals surface area contributed by atoms with E-state index >= 15 is 0 Å². The molecule has 2 N–H and O–H groups in total. The highest BCUT2D eigenvalue weighted by atomic mass is 16.5. The molecule has 0 aliphatic carbocycles. The van der Waals surface area contributed by atoms with Crippen LogP contribution in [-0.4, -0.2) is 25.0 Å². The lowest BCUT2D eigenvalue weighted by atomic mass is 10.2. The Bertz CT molecular complexity index is 623. The molecule has 22 heavy (non-hydrogen) atoms. The van der Waals surface area contributed by atoms with Crippen LogP contribution in [0.15, 0.2) is 47.1 Å². The number of para-hydroxylation sites is 1. The van der Waals surface area contributed by atoms with Gasteiger partial charge >= 0.3 is 0 Å². The SMILES string of the molecule is CCOc1ccccc1C(=O)NCC(=O)NCc1ccco1. The molecule has 0 fully saturated rings. The number of nitrogens with one attached hydrogen (secondary N) is 2. The molecular formula is C16H18N2O4. The number of rotatable bonds is 7. The zero-order valence-electron chi connectivity index (χ0n) is 12.3. The first-order chi connectivity index (χ1) is 10.7. The van der Waals surface area contributed by atoms with Gasteiger partial charge in [0.05, 0.1) is 31.5 Å². The third-order valence-electron chi connectivity index (χ3n) is 2.88. The Morgan fingerprint density at radius 1 is 1.14 bits per heavy atom. The van der Waals surface area contributed by atoms with Crippen LogP contribution in [0.5, 0.6) is 5.75 Å². The summed E-state index contributed by atoms with van der Waals surface area (Å²) in [6.45, 7) is 2.49. The van der Waals surface area contributed by atoms with Crippen molar-refractivity contribution >= 4 is 11.8 Å². The minimum atomic E-state index is -0.350. The molecular weight excluding hydrogens is 284 g/mol. The molecule has 0 atom stereocenters. The summed E-state index contributed by atoms with van der Waals surface area (Å²) in [5, 5.41) is 5.22. The van der Waals surface area contributed by atoms with Crippen LogP contribution in [0.3, 0.4) is 0 Å². The second-order valence-electron chi connectivity index (χ2n) is 4.47. The molecule has 0 radical (unpaired) electrons. The van der Waals surface area contributed by atoms with Gasteiger partial charge in [-0.05, 0) is 31.2 Å². The fourth-order valence-electron chi connectivity index (χ4n) is 1.85. The molecule has 1 heterocycles. The van der Waals surface area contributed by atoms with Crippen LogP contribution in [-0.2, 0) is 11.3 Å². The number of furan rings is 1. The maximum absolute atomic E-state index is 12.1. The highest BCUT2D eigenvalue weighted by Gasteiger charge is 2.12. The first kappa shape index (κ1) is 15.6. The first-order valence-corrected chi connectivity index (χ1v) is 6.99. The van der Waals surface area contributed by atoms with Crippen molar-refractivity contribution in [3.63, 3.8) is 0 Å². The summed E-state index contributed by atoms with van der Waals surface area (Å²) >= 11 is 0. The van der Waals surface area contributed by atoms with Gasteiger partial charge in [0.15, 0.2) is 0 Å².